The number of aromatic amines is 1. The molecule has 0 bridgehead atoms. The maximum absolute atomic E-state index is 6.08. The van der Waals surface area contributed by atoms with Crippen molar-refractivity contribution >= 4 is 0 Å². The number of hydrogen-bond donors (Lipinski definition) is 2. The lowest BCUT2D eigenvalue weighted by Crippen LogP contribution is -2.40. The molecule has 20 heavy (non-hydrogen) atoms. The SMILES string of the molecule is CCC(NC1c2ccccc2OC1(C)C)c1ncc[nH]1. The minimum absolute atomic E-state index is 0.161. The van der Waals surface area contributed by atoms with E-state index in [4.69, 9.17) is 4.74 Å². The molecule has 4 nitrogen and oxygen atoms in total. The van der Waals surface area contributed by atoms with Crippen LogP contribution in [0, 0.1) is 0 Å². The molecule has 3 rings (SSSR count). The van der Waals surface area contributed by atoms with Gasteiger partial charge in [-0.15, -0.1) is 0 Å². The monoisotopic (exact) mass is 271 g/mol. The number of fused-ring (bicyclic) bond motifs is 1. The standard InChI is InChI=1S/C16H21N3O/c1-4-12(15-17-9-10-18-15)19-14-11-7-5-6-8-13(11)20-16(14,2)3/h5-10,12,14,19H,4H2,1-3H3,(H,17,18). The van der Waals surface area contributed by atoms with Gasteiger partial charge in [0.05, 0.1) is 12.1 Å². The smallest absolute Gasteiger partial charge is 0.125 e. The molecule has 0 radical (unpaired) electrons. The van der Waals surface area contributed by atoms with Crippen LogP contribution in [0.25, 0.3) is 0 Å². The second-order valence-electron chi connectivity index (χ2n) is 5.78. The molecule has 0 saturated carbocycles. The van der Waals surface area contributed by atoms with Crippen molar-refractivity contribution in [2.24, 2.45) is 0 Å². The zero-order valence-electron chi connectivity index (χ0n) is 12.2. The second-order valence-corrected chi connectivity index (χ2v) is 5.78. The van der Waals surface area contributed by atoms with Crippen molar-refractivity contribution in [1.82, 2.24) is 15.3 Å². The fraction of sp³-hybridized carbons (Fsp3) is 0.438. The number of para-hydroxylation sites is 1. The van der Waals surface area contributed by atoms with Gasteiger partial charge in [0.1, 0.15) is 17.2 Å². The first-order valence-electron chi connectivity index (χ1n) is 7.15. The van der Waals surface area contributed by atoms with Gasteiger partial charge in [-0.05, 0) is 26.3 Å². The molecule has 2 heterocycles. The molecule has 0 aliphatic carbocycles. The Kier molecular flexibility index (Phi) is 3.26. The van der Waals surface area contributed by atoms with Crippen molar-refractivity contribution in [3.8, 4) is 5.75 Å². The molecule has 4 heteroatoms. The zero-order valence-corrected chi connectivity index (χ0v) is 12.2. The van der Waals surface area contributed by atoms with E-state index in [1.165, 1.54) is 5.56 Å². The van der Waals surface area contributed by atoms with Gasteiger partial charge < -0.3 is 9.72 Å². The molecule has 1 aromatic heterocycles. The van der Waals surface area contributed by atoms with Crippen molar-refractivity contribution in [2.45, 2.75) is 44.9 Å². The minimum atomic E-state index is -0.260. The Morgan fingerprint density at radius 2 is 2.20 bits per heavy atom. The van der Waals surface area contributed by atoms with E-state index < -0.39 is 0 Å². The number of aromatic nitrogens is 2. The summed E-state index contributed by atoms with van der Waals surface area (Å²) >= 11 is 0. The Hall–Kier alpha value is -1.81. The van der Waals surface area contributed by atoms with Gasteiger partial charge in [-0.25, -0.2) is 4.98 Å². The van der Waals surface area contributed by atoms with Crippen LogP contribution in [0.4, 0.5) is 0 Å². The van der Waals surface area contributed by atoms with Crippen molar-refractivity contribution in [2.75, 3.05) is 0 Å². The van der Waals surface area contributed by atoms with E-state index in [1.807, 2.05) is 18.3 Å². The molecule has 2 unspecified atom stereocenters. The molecule has 0 fully saturated rings. The van der Waals surface area contributed by atoms with Crippen LogP contribution in [0.5, 0.6) is 5.75 Å². The molecule has 106 valence electrons. The maximum atomic E-state index is 6.08. The lowest BCUT2D eigenvalue weighted by Gasteiger charge is -2.30. The number of benzene rings is 1. The molecular formula is C16H21N3O. The first-order valence-corrected chi connectivity index (χ1v) is 7.15. The van der Waals surface area contributed by atoms with Crippen LogP contribution in [0.3, 0.4) is 0 Å². The fourth-order valence-corrected chi connectivity index (χ4v) is 2.88. The lowest BCUT2D eigenvalue weighted by molar-refractivity contribution is 0.0900. The van der Waals surface area contributed by atoms with Crippen molar-refractivity contribution < 1.29 is 4.74 Å². The third kappa shape index (κ3) is 2.20. The minimum Gasteiger partial charge on any atom is -0.486 e. The Morgan fingerprint density at radius 1 is 1.40 bits per heavy atom. The maximum Gasteiger partial charge on any atom is 0.125 e. The number of ether oxygens (including phenoxy) is 1. The number of nitrogens with one attached hydrogen (secondary N) is 2. The van der Waals surface area contributed by atoms with Crippen LogP contribution in [0.15, 0.2) is 36.7 Å². The highest BCUT2D eigenvalue weighted by Crippen LogP contribution is 2.43. The summed E-state index contributed by atoms with van der Waals surface area (Å²) in [5.74, 6) is 1.96. The summed E-state index contributed by atoms with van der Waals surface area (Å²) in [4.78, 5) is 7.57. The highest BCUT2D eigenvalue weighted by atomic mass is 16.5. The first-order chi connectivity index (χ1) is 9.62. The number of hydrogen-bond acceptors (Lipinski definition) is 3. The van der Waals surface area contributed by atoms with Crippen molar-refractivity contribution in [3.05, 3.63) is 48.0 Å². The van der Waals surface area contributed by atoms with E-state index in [0.717, 1.165) is 18.0 Å². The van der Waals surface area contributed by atoms with Gasteiger partial charge in [0.15, 0.2) is 0 Å². The average Bonchev–Trinajstić information content (AvgIpc) is 3.01. The molecule has 2 aromatic rings. The van der Waals surface area contributed by atoms with Gasteiger partial charge in [-0.2, -0.15) is 0 Å². The predicted molar refractivity (Wildman–Crippen MR) is 78.6 cm³/mol. The van der Waals surface area contributed by atoms with E-state index in [0.29, 0.717) is 0 Å². The van der Waals surface area contributed by atoms with Crippen LogP contribution in [-0.2, 0) is 0 Å². The Labute approximate surface area is 119 Å². The van der Waals surface area contributed by atoms with Crippen molar-refractivity contribution in [3.63, 3.8) is 0 Å². The molecule has 0 saturated heterocycles. The molecule has 1 aliphatic rings. The molecule has 2 N–H and O–H groups in total. The van der Waals surface area contributed by atoms with Crippen LogP contribution in [0.1, 0.15) is 50.7 Å². The highest BCUT2D eigenvalue weighted by Gasteiger charge is 2.41. The third-order valence-corrected chi connectivity index (χ3v) is 3.92. The average molecular weight is 271 g/mol. The lowest BCUT2D eigenvalue weighted by atomic mass is 9.93. The summed E-state index contributed by atoms with van der Waals surface area (Å²) in [6, 6.07) is 8.61. The largest absolute Gasteiger partial charge is 0.486 e. The van der Waals surface area contributed by atoms with E-state index in [2.05, 4.69) is 48.2 Å². The number of rotatable bonds is 4. The summed E-state index contributed by atoms with van der Waals surface area (Å²) < 4.78 is 6.08. The topological polar surface area (TPSA) is 49.9 Å². The molecule has 1 aliphatic heterocycles. The Bertz CT molecular complexity index is 577. The van der Waals surface area contributed by atoms with Gasteiger partial charge in [-0.3, -0.25) is 5.32 Å². The van der Waals surface area contributed by atoms with Crippen LogP contribution in [-0.4, -0.2) is 15.6 Å². The summed E-state index contributed by atoms with van der Waals surface area (Å²) in [5.41, 5.74) is 0.964. The van der Waals surface area contributed by atoms with Gasteiger partial charge in [0, 0.05) is 18.0 Å². The Morgan fingerprint density at radius 3 is 2.90 bits per heavy atom. The number of imidazole rings is 1. The Balaban J connectivity index is 1.89. The van der Waals surface area contributed by atoms with E-state index in [9.17, 15) is 0 Å². The number of nitrogens with zero attached hydrogens (tertiary/aromatic N) is 1. The quantitative estimate of drug-likeness (QED) is 0.896. The molecule has 0 spiro atoms. The number of H-pyrrole nitrogens is 1. The second kappa shape index (κ2) is 4.94. The van der Waals surface area contributed by atoms with E-state index in [-0.39, 0.29) is 17.7 Å². The normalized spacial score (nSPS) is 21.2. The summed E-state index contributed by atoms with van der Waals surface area (Å²) in [6.45, 7) is 6.41. The van der Waals surface area contributed by atoms with Crippen LogP contribution < -0.4 is 10.1 Å². The van der Waals surface area contributed by atoms with Crippen LogP contribution in [0.2, 0.25) is 0 Å². The molecule has 0 amide bonds. The predicted octanol–water partition coefficient (Wildman–Crippen LogP) is 3.36. The molecular weight excluding hydrogens is 250 g/mol. The van der Waals surface area contributed by atoms with Gasteiger partial charge in [0.2, 0.25) is 0 Å². The summed E-state index contributed by atoms with van der Waals surface area (Å²) in [6.07, 6.45) is 4.64. The van der Waals surface area contributed by atoms with Gasteiger partial charge in [0.25, 0.3) is 0 Å². The van der Waals surface area contributed by atoms with E-state index in [1.54, 1.807) is 6.20 Å². The van der Waals surface area contributed by atoms with E-state index >= 15 is 0 Å². The summed E-state index contributed by atoms with van der Waals surface area (Å²) in [7, 11) is 0. The molecule has 2 atom stereocenters. The van der Waals surface area contributed by atoms with Gasteiger partial charge in [-0.1, -0.05) is 25.1 Å². The first kappa shape index (κ1) is 13.2. The fourth-order valence-electron chi connectivity index (χ4n) is 2.88. The highest BCUT2D eigenvalue weighted by molar-refractivity contribution is 5.42. The third-order valence-electron chi connectivity index (χ3n) is 3.92. The van der Waals surface area contributed by atoms with Crippen LogP contribution >= 0.6 is 0 Å². The molecule has 1 aromatic carbocycles. The van der Waals surface area contributed by atoms with Crippen molar-refractivity contribution in [1.29, 1.82) is 0 Å². The van der Waals surface area contributed by atoms with Gasteiger partial charge >= 0.3 is 0 Å². The zero-order chi connectivity index (χ0) is 14.2. The summed E-state index contributed by atoms with van der Waals surface area (Å²) in [5, 5.41) is 3.70.